The zero-order valence-electron chi connectivity index (χ0n) is 21.0. The SMILES string of the molecule is Fc1cc(F)cc(-c2ccc(CCCCCCCCCc3ccc(-c4cc(F)cc(F)c4)cc3)cc2)c1. The molecule has 0 N–H and O–H groups in total. The molecule has 0 aliphatic heterocycles. The Morgan fingerprint density at radius 3 is 0.946 bits per heavy atom. The molecule has 0 fully saturated rings. The van der Waals surface area contributed by atoms with E-state index in [1.165, 1.54) is 67.5 Å². The van der Waals surface area contributed by atoms with E-state index >= 15 is 0 Å². The van der Waals surface area contributed by atoms with E-state index in [0.29, 0.717) is 11.1 Å². The highest BCUT2D eigenvalue weighted by molar-refractivity contribution is 5.64. The smallest absolute Gasteiger partial charge is 0.126 e. The van der Waals surface area contributed by atoms with Crippen molar-refractivity contribution in [1.29, 1.82) is 0 Å². The normalized spacial score (nSPS) is 11.1. The fourth-order valence-corrected chi connectivity index (χ4v) is 4.71. The average molecular weight is 505 g/mol. The van der Waals surface area contributed by atoms with Crippen molar-refractivity contribution in [3.05, 3.63) is 119 Å². The van der Waals surface area contributed by atoms with E-state index in [-0.39, 0.29) is 0 Å². The lowest BCUT2D eigenvalue weighted by Gasteiger charge is -2.07. The van der Waals surface area contributed by atoms with E-state index in [1.807, 2.05) is 48.5 Å². The second kappa shape index (κ2) is 13.2. The average Bonchev–Trinajstić information content (AvgIpc) is 2.87. The largest absolute Gasteiger partial charge is 0.207 e. The molecule has 4 aromatic carbocycles. The van der Waals surface area contributed by atoms with E-state index in [9.17, 15) is 17.6 Å². The van der Waals surface area contributed by atoms with Gasteiger partial charge in [-0.25, -0.2) is 17.6 Å². The van der Waals surface area contributed by atoms with Crippen molar-refractivity contribution in [3.8, 4) is 22.3 Å². The molecule has 0 atom stereocenters. The maximum absolute atomic E-state index is 13.4. The van der Waals surface area contributed by atoms with Crippen molar-refractivity contribution >= 4 is 0 Å². The van der Waals surface area contributed by atoms with Gasteiger partial charge in [-0.3, -0.25) is 0 Å². The van der Waals surface area contributed by atoms with Gasteiger partial charge in [0.15, 0.2) is 0 Å². The summed E-state index contributed by atoms with van der Waals surface area (Å²) in [4.78, 5) is 0. The molecule has 4 aromatic rings. The van der Waals surface area contributed by atoms with Crippen molar-refractivity contribution in [2.24, 2.45) is 0 Å². The molecule has 0 unspecified atom stereocenters. The van der Waals surface area contributed by atoms with Gasteiger partial charge in [-0.15, -0.1) is 0 Å². The number of benzene rings is 4. The number of hydrogen-bond donors (Lipinski definition) is 0. The van der Waals surface area contributed by atoms with E-state index in [2.05, 4.69) is 0 Å². The molecule has 0 aromatic heterocycles. The van der Waals surface area contributed by atoms with Gasteiger partial charge < -0.3 is 0 Å². The van der Waals surface area contributed by atoms with Gasteiger partial charge in [0.25, 0.3) is 0 Å². The third-order valence-electron chi connectivity index (χ3n) is 6.73. The molecule has 0 heterocycles. The number of unbranched alkanes of at least 4 members (excludes halogenated alkanes) is 6. The second-order valence-electron chi connectivity index (χ2n) is 9.68. The van der Waals surface area contributed by atoms with Crippen LogP contribution in [-0.4, -0.2) is 0 Å². The minimum atomic E-state index is -0.561. The summed E-state index contributed by atoms with van der Waals surface area (Å²) in [5, 5.41) is 0. The van der Waals surface area contributed by atoms with Crippen LogP contribution in [0.3, 0.4) is 0 Å². The van der Waals surface area contributed by atoms with E-state index in [4.69, 9.17) is 0 Å². The van der Waals surface area contributed by atoms with Crippen LogP contribution in [-0.2, 0) is 12.8 Å². The first-order valence-corrected chi connectivity index (χ1v) is 13.1. The number of aryl methyl sites for hydroxylation is 2. The Kier molecular flexibility index (Phi) is 9.53. The monoisotopic (exact) mass is 504 g/mol. The maximum atomic E-state index is 13.4. The molecule has 0 saturated carbocycles. The first kappa shape index (κ1) is 26.7. The third kappa shape index (κ3) is 8.31. The Morgan fingerprint density at radius 2 is 0.622 bits per heavy atom. The number of rotatable bonds is 12. The Labute approximate surface area is 217 Å². The molecule has 0 radical (unpaired) electrons. The van der Waals surface area contributed by atoms with Crippen LogP contribution in [0.4, 0.5) is 17.6 Å². The summed E-state index contributed by atoms with van der Waals surface area (Å²) in [6.07, 6.45) is 10.3. The minimum absolute atomic E-state index is 0.557. The van der Waals surface area contributed by atoms with Crippen molar-refractivity contribution in [2.45, 2.75) is 57.8 Å². The number of halogens is 4. The predicted molar refractivity (Wildman–Crippen MR) is 143 cm³/mol. The summed E-state index contributed by atoms with van der Waals surface area (Å²) in [7, 11) is 0. The molecule has 37 heavy (non-hydrogen) atoms. The van der Waals surface area contributed by atoms with Gasteiger partial charge in [-0.05, 0) is 83.3 Å². The van der Waals surface area contributed by atoms with Gasteiger partial charge >= 0.3 is 0 Å². The maximum Gasteiger partial charge on any atom is 0.126 e. The van der Waals surface area contributed by atoms with Crippen LogP contribution in [0, 0.1) is 23.3 Å². The van der Waals surface area contributed by atoms with Gasteiger partial charge in [0, 0.05) is 12.1 Å². The first-order valence-electron chi connectivity index (χ1n) is 13.1. The van der Waals surface area contributed by atoms with Gasteiger partial charge in [-0.2, -0.15) is 0 Å². The molecule has 0 saturated heterocycles. The lowest BCUT2D eigenvalue weighted by atomic mass is 9.99. The number of hydrogen-bond acceptors (Lipinski definition) is 0. The van der Waals surface area contributed by atoms with Gasteiger partial charge in [0.2, 0.25) is 0 Å². The van der Waals surface area contributed by atoms with Gasteiger partial charge in [0.05, 0.1) is 0 Å². The summed E-state index contributed by atoms with van der Waals surface area (Å²) in [6.45, 7) is 0. The molecular weight excluding hydrogens is 472 g/mol. The summed E-state index contributed by atoms with van der Waals surface area (Å²) < 4.78 is 53.7. The second-order valence-corrected chi connectivity index (χ2v) is 9.68. The van der Waals surface area contributed by atoms with Gasteiger partial charge in [0.1, 0.15) is 23.3 Å². The molecule has 0 bridgehead atoms. The summed E-state index contributed by atoms with van der Waals surface area (Å²) >= 11 is 0. The lowest BCUT2D eigenvalue weighted by molar-refractivity contribution is 0.579. The molecule has 192 valence electrons. The standard InChI is InChI=1S/C33H32F4/c34-30-18-28(19-31(35)22-30)26-14-10-24(11-15-26)8-6-4-2-1-3-5-7-9-25-12-16-27(17-13-25)29-20-32(36)23-33(37)21-29/h10-23H,1-9H2. The van der Waals surface area contributed by atoms with Crippen LogP contribution in [0.1, 0.15) is 56.1 Å². The molecule has 4 rings (SSSR count). The molecular formula is C33H32F4. The Morgan fingerprint density at radius 1 is 0.324 bits per heavy atom. The third-order valence-corrected chi connectivity index (χ3v) is 6.73. The summed E-state index contributed by atoms with van der Waals surface area (Å²) in [5.74, 6) is -2.24. The van der Waals surface area contributed by atoms with Crippen molar-refractivity contribution < 1.29 is 17.6 Å². The molecule has 4 heteroatoms. The van der Waals surface area contributed by atoms with Crippen molar-refractivity contribution in [3.63, 3.8) is 0 Å². The van der Waals surface area contributed by atoms with Crippen LogP contribution in [0.5, 0.6) is 0 Å². The highest BCUT2D eigenvalue weighted by Gasteiger charge is 2.05. The zero-order chi connectivity index (χ0) is 26.0. The molecule has 0 spiro atoms. The van der Waals surface area contributed by atoms with E-state index in [1.54, 1.807) is 0 Å². The molecule has 0 nitrogen and oxygen atoms in total. The first-order chi connectivity index (χ1) is 18.0. The fourth-order valence-electron chi connectivity index (χ4n) is 4.71. The summed E-state index contributed by atoms with van der Waals surface area (Å²) in [5.41, 5.74) is 5.24. The Hall–Kier alpha value is -3.40. The molecule has 0 amide bonds. The fraction of sp³-hybridized carbons (Fsp3) is 0.273. The van der Waals surface area contributed by atoms with Crippen molar-refractivity contribution in [1.82, 2.24) is 0 Å². The van der Waals surface area contributed by atoms with Crippen LogP contribution in [0.15, 0.2) is 84.9 Å². The Bertz CT molecular complexity index is 1140. The van der Waals surface area contributed by atoms with Crippen LogP contribution in [0.2, 0.25) is 0 Å². The Balaban J connectivity index is 1.08. The van der Waals surface area contributed by atoms with E-state index < -0.39 is 23.3 Å². The topological polar surface area (TPSA) is 0 Å². The highest BCUT2D eigenvalue weighted by Crippen LogP contribution is 2.24. The van der Waals surface area contributed by atoms with E-state index in [0.717, 1.165) is 48.9 Å². The van der Waals surface area contributed by atoms with Crippen molar-refractivity contribution in [2.75, 3.05) is 0 Å². The lowest BCUT2D eigenvalue weighted by Crippen LogP contribution is -1.89. The van der Waals surface area contributed by atoms with Crippen LogP contribution < -0.4 is 0 Å². The zero-order valence-corrected chi connectivity index (χ0v) is 21.0. The van der Waals surface area contributed by atoms with Crippen LogP contribution >= 0.6 is 0 Å². The quantitative estimate of drug-likeness (QED) is 0.133. The van der Waals surface area contributed by atoms with Crippen LogP contribution in [0.25, 0.3) is 22.3 Å². The predicted octanol–water partition coefficient (Wildman–Crippen LogP) is 10.1. The van der Waals surface area contributed by atoms with Gasteiger partial charge in [-0.1, -0.05) is 80.6 Å². The highest BCUT2D eigenvalue weighted by atomic mass is 19.1. The molecule has 0 aliphatic carbocycles. The minimum Gasteiger partial charge on any atom is -0.207 e. The summed E-state index contributed by atoms with van der Waals surface area (Å²) in [6, 6.07) is 23.1. The molecule has 0 aliphatic rings.